The van der Waals surface area contributed by atoms with Crippen LogP contribution in [-0.2, 0) is 16.0 Å². The van der Waals surface area contributed by atoms with E-state index in [0.29, 0.717) is 47.6 Å². The van der Waals surface area contributed by atoms with Crippen molar-refractivity contribution in [2.45, 2.75) is 52.1 Å². The van der Waals surface area contributed by atoms with Gasteiger partial charge in [-0.2, -0.15) is 0 Å². The van der Waals surface area contributed by atoms with E-state index >= 15 is 0 Å². The van der Waals surface area contributed by atoms with Crippen molar-refractivity contribution in [3.8, 4) is 28.4 Å². The standard InChI is InChI=1S/C27H34N2O7/c1-7-14(2)24(27(32)33)29-20-11-9-17-18(13-21(20)31)19(28-15(3)30)10-8-16-12-22(34-4)25(35-5)26(36-6)23(16)17/h9,11-14,19,24H,7-8,10H2,1-6H3,(H,28,30)(H,29,31)(H,32,33)/t14-,19-,24-/m1/s1. The summed E-state index contributed by atoms with van der Waals surface area (Å²) in [6.45, 7) is 5.15. The summed E-state index contributed by atoms with van der Waals surface area (Å²) in [5, 5.41) is 15.6. The van der Waals surface area contributed by atoms with E-state index in [1.807, 2.05) is 19.9 Å². The number of aliphatic carboxylic acids is 1. The molecule has 0 saturated carbocycles. The molecular weight excluding hydrogens is 464 g/mol. The van der Waals surface area contributed by atoms with E-state index in [0.717, 1.165) is 11.1 Å². The third-order valence-electron chi connectivity index (χ3n) is 6.71. The van der Waals surface area contributed by atoms with Crippen LogP contribution in [0.4, 0.5) is 5.69 Å². The van der Waals surface area contributed by atoms with Gasteiger partial charge in [-0.1, -0.05) is 26.3 Å². The minimum Gasteiger partial charge on any atom is -0.493 e. The fourth-order valence-corrected chi connectivity index (χ4v) is 4.68. The SMILES string of the molecule is CC[C@@H](C)[C@@H](Nc1ccc2c(cc1=O)[C@H](NC(C)=O)CCc1cc(OC)c(OC)c(OC)c1-2)C(=O)O. The van der Waals surface area contributed by atoms with Gasteiger partial charge in [-0.15, -0.1) is 0 Å². The first kappa shape index (κ1) is 26.8. The number of nitrogens with one attached hydrogen (secondary N) is 2. The fraction of sp³-hybridized carbons (Fsp3) is 0.444. The second-order valence-corrected chi connectivity index (χ2v) is 8.94. The molecule has 0 unspecified atom stereocenters. The highest BCUT2D eigenvalue weighted by Gasteiger charge is 2.30. The Morgan fingerprint density at radius 1 is 1.11 bits per heavy atom. The van der Waals surface area contributed by atoms with Crippen molar-refractivity contribution in [1.82, 2.24) is 5.32 Å². The van der Waals surface area contributed by atoms with Crippen LogP contribution in [-0.4, -0.2) is 44.4 Å². The van der Waals surface area contributed by atoms with E-state index in [4.69, 9.17) is 14.2 Å². The Hall–Kier alpha value is -3.75. The Bertz CT molecular complexity index is 1210. The predicted octanol–water partition coefficient (Wildman–Crippen LogP) is 3.77. The minimum absolute atomic E-state index is 0.165. The van der Waals surface area contributed by atoms with Crippen molar-refractivity contribution >= 4 is 17.6 Å². The first-order valence-electron chi connectivity index (χ1n) is 11.9. The summed E-state index contributed by atoms with van der Waals surface area (Å²) in [4.78, 5) is 37.3. The average Bonchev–Trinajstić information content (AvgIpc) is 3.09. The number of anilines is 1. The van der Waals surface area contributed by atoms with Gasteiger partial charge in [0.05, 0.1) is 33.1 Å². The van der Waals surface area contributed by atoms with Gasteiger partial charge in [0.25, 0.3) is 0 Å². The lowest BCUT2D eigenvalue weighted by atomic mass is 9.95. The Labute approximate surface area is 210 Å². The molecule has 3 N–H and O–H groups in total. The van der Waals surface area contributed by atoms with Crippen LogP contribution in [0.2, 0.25) is 0 Å². The van der Waals surface area contributed by atoms with E-state index in [2.05, 4.69) is 10.6 Å². The summed E-state index contributed by atoms with van der Waals surface area (Å²) in [6, 6.07) is 5.34. The molecule has 0 radical (unpaired) electrons. The van der Waals surface area contributed by atoms with Gasteiger partial charge in [0, 0.05) is 12.5 Å². The first-order chi connectivity index (χ1) is 17.2. The van der Waals surface area contributed by atoms with Gasteiger partial charge in [-0.25, -0.2) is 4.79 Å². The number of rotatable bonds is 9. The minimum atomic E-state index is -1.03. The molecule has 1 amide bonds. The van der Waals surface area contributed by atoms with Crippen LogP contribution in [0, 0.1) is 5.92 Å². The lowest BCUT2D eigenvalue weighted by Crippen LogP contribution is -2.36. The number of carbonyl (C=O) groups is 2. The van der Waals surface area contributed by atoms with Crippen LogP contribution < -0.4 is 30.3 Å². The molecule has 9 nitrogen and oxygen atoms in total. The van der Waals surface area contributed by atoms with Gasteiger partial charge < -0.3 is 30.0 Å². The molecule has 0 aromatic heterocycles. The maximum absolute atomic E-state index is 13.3. The second-order valence-electron chi connectivity index (χ2n) is 8.94. The second kappa shape index (κ2) is 11.3. The molecule has 3 rings (SSSR count). The first-order valence-corrected chi connectivity index (χ1v) is 11.9. The molecule has 0 aliphatic heterocycles. The largest absolute Gasteiger partial charge is 0.493 e. The van der Waals surface area contributed by atoms with Gasteiger partial charge in [-0.05, 0) is 53.6 Å². The number of fused-ring (bicyclic) bond motifs is 3. The van der Waals surface area contributed by atoms with Crippen molar-refractivity contribution in [3.05, 3.63) is 45.6 Å². The van der Waals surface area contributed by atoms with Gasteiger partial charge in [-0.3, -0.25) is 9.59 Å². The molecular formula is C27H34N2O7. The number of hydrogen-bond acceptors (Lipinski definition) is 7. The Kier molecular flexibility index (Phi) is 8.45. The van der Waals surface area contributed by atoms with E-state index in [1.165, 1.54) is 27.2 Å². The molecule has 1 aliphatic carbocycles. The van der Waals surface area contributed by atoms with Crippen LogP contribution in [0.3, 0.4) is 0 Å². The van der Waals surface area contributed by atoms with Gasteiger partial charge in [0.1, 0.15) is 6.04 Å². The molecule has 0 saturated heterocycles. The number of hydrogen-bond donors (Lipinski definition) is 3. The Morgan fingerprint density at radius 3 is 2.36 bits per heavy atom. The Balaban J connectivity index is 2.32. The zero-order chi connectivity index (χ0) is 26.6. The van der Waals surface area contributed by atoms with Gasteiger partial charge in [0.15, 0.2) is 11.5 Å². The van der Waals surface area contributed by atoms with Crippen molar-refractivity contribution in [1.29, 1.82) is 0 Å². The van der Waals surface area contributed by atoms with E-state index in [1.54, 1.807) is 19.2 Å². The molecule has 9 heteroatoms. The summed E-state index contributed by atoms with van der Waals surface area (Å²) in [6.07, 6.45) is 1.75. The number of carbonyl (C=O) groups excluding carboxylic acids is 1. The molecule has 0 spiro atoms. The highest BCUT2D eigenvalue weighted by molar-refractivity contribution is 5.84. The van der Waals surface area contributed by atoms with Crippen LogP contribution >= 0.6 is 0 Å². The molecule has 2 aromatic rings. The quantitative estimate of drug-likeness (QED) is 0.477. The smallest absolute Gasteiger partial charge is 0.326 e. The van der Waals surface area contributed by atoms with E-state index in [-0.39, 0.29) is 22.9 Å². The summed E-state index contributed by atoms with van der Waals surface area (Å²) < 4.78 is 16.9. The number of amides is 1. The monoisotopic (exact) mass is 498 g/mol. The lowest BCUT2D eigenvalue weighted by Gasteiger charge is -2.20. The summed E-state index contributed by atoms with van der Waals surface area (Å²) in [5.41, 5.74) is 2.73. The maximum Gasteiger partial charge on any atom is 0.326 e. The predicted molar refractivity (Wildman–Crippen MR) is 137 cm³/mol. The Morgan fingerprint density at radius 2 is 1.81 bits per heavy atom. The lowest BCUT2D eigenvalue weighted by molar-refractivity contribution is -0.139. The third-order valence-corrected chi connectivity index (χ3v) is 6.71. The van der Waals surface area contributed by atoms with Crippen LogP contribution in [0.5, 0.6) is 17.2 Å². The van der Waals surface area contributed by atoms with Crippen LogP contribution in [0.15, 0.2) is 29.1 Å². The maximum atomic E-state index is 13.3. The number of benzene rings is 1. The van der Waals surface area contributed by atoms with Crippen molar-refractivity contribution in [2.75, 3.05) is 26.6 Å². The number of methoxy groups -OCH3 is 3. The van der Waals surface area contributed by atoms with E-state index in [9.17, 15) is 19.5 Å². The molecule has 36 heavy (non-hydrogen) atoms. The number of carboxylic acids is 1. The number of aryl methyl sites for hydroxylation is 1. The number of ether oxygens (including phenoxy) is 3. The topological polar surface area (TPSA) is 123 Å². The molecule has 0 fully saturated rings. The molecule has 3 atom stereocenters. The highest BCUT2D eigenvalue weighted by Crippen LogP contribution is 2.50. The normalized spacial score (nSPS) is 15.9. The van der Waals surface area contributed by atoms with E-state index < -0.39 is 18.1 Å². The number of carboxylic acid groups (broad SMARTS) is 1. The molecule has 1 aliphatic rings. The zero-order valence-corrected chi connectivity index (χ0v) is 21.6. The zero-order valence-electron chi connectivity index (χ0n) is 21.6. The third kappa shape index (κ3) is 5.24. The molecule has 194 valence electrons. The van der Waals surface area contributed by atoms with Gasteiger partial charge >= 0.3 is 5.97 Å². The van der Waals surface area contributed by atoms with Gasteiger partial charge in [0.2, 0.25) is 17.1 Å². The summed E-state index contributed by atoms with van der Waals surface area (Å²) in [5.74, 6) is -0.0752. The van der Waals surface area contributed by atoms with Crippen molar-refractivity contribution in [2.24, 2.45) is 5.92 Å². The van der Waals surface area contributed by atoms with Crippen LogP contribution in [0.25, 0.3) is 11.1 Å². The van der Waals surface area contributed by atoms with Crippen molar-refractivity contribution in [3.63, 3.8) is 0 Å². The van der Waals surface area contributed by atoms with Crippen LogP contribution in [0.1, 0.15) is 50.8 Å². The fourth-order valence-electron chi connectivity index (χ4n) is 4.68. The summed E-state index contributed by atoms with van der Waals surface area (Å²) in [7, 11) is 4.60. The van der Waals surface area contributed by atoms with Crippen molar-refractivity contribution < 1.29 is 28.9 Å². The summed E-state index contributed by atoms with van der Waals surface area (Å²) >= 11 is 0. The molecule has 2 aromatic carbocycles. The average molecular weight is 499 g/mol. The highest BCUT2D eigenvalue weighted by atomic mass is 16.5. The molecule has 0 heterocycles. The molecule has 0 bridgehead atoms.